The summed E-state index contributed by atoms with van der Waals surface area (Å²) >= 11 is 1.32. The zero-order valence-corrected chi connectivity index (χ0v) is 16.8. The highest BCUT2D eigenvalue weighted by atomic mass is 32.2. The lowest BCUT2D eigenvalue weighted by Crippen LogP contribution is -2.23. The molecule has 0 radical (unpaired) electrons. The molecule has 0 fully saturated rings. The Morgan fingerprint density at radius 2 is 2.07 bits per heavy atom. The minimum absolute atomic E-state index is 0.0571. The fraction of sp³-hybridized carbons (Fsp3) is 0.158. The van der Waals surface area contributed by atoms with Crippen molar-refractivity contribution in [1.82, 2.24) is 9.55 Å². The van der Waals surface area contributed by atoms with Gasteiger partial charge in [0.05, 0.1) is 21.2 Å². The van der Waals surface area contributed by atoms with Crippen LogP contribution in [0.25, 0.3) is 11.0 Å². The van der Waals surface area contributed by atoms with E-state index in [-0.39, 0.29) is 10.8 Å². The van der Waals surface area contributed by atoms with Crippen LogP contribution in [0.5, 0.6) is 0 Å². The van der Waals surface area contributed by atoms with Crippen molar-refractivity contribution < 1.29 is 13.2 Å². The third-order valence-corrected chi connectivity index (χ3v) is 6.01. The van der Waals surface area contributed by atoms with Crippen molar-refractivity contribution in [3.05, 3.63) is 61.2 Å². The number of hydrogen-bond donors (Lipinski definition) is 2. The summed E-state index contributed by atoms with van der Waals surface area (Å²) in [5.41, 5.74) is 2.18. The molecule has 2 aromatic carbocycles. The maximum absolute atomic E-state index is 12.6. The Morgan fingerprint density at radius 3 is 2.79 bits per heavy atom. The minimum atomic E-state index is -3.84. The van der Waals surface area contributed by atoms with Crippen molar-refractivity contribution in [3.8, 4) is 0 Å². The van der Waals surface area contributed by atoms with Gasteiger partial charge in [0.2, 0.25) is 15.9 Å². The summed E-state index contributed by atoms with van der Waals surface area (Å²) in [6.45, 7) is 6.13. The molecule has 0 aliphatic heterocycles. The number of imidazole rings is 1. The number of hydrogen-bond acceptors (Lipinski definition) is 5. The second-order valence-corrected chi connectivity index (χ2v) is 8.97. The summed E-state index contributed by atoms with van der Waals surface area (Å²) in [5.74, 6) is -0.270. The highest BCUT2D eigenvalue weighted by Gasteiger charge is 2.20. The number of nitrogens with two attached hydrogens (primary N) is 1. The van der Waals surface area contributed by atoms with Crippen molar-refractivity contribution >= 4 is 44.4 Å². The van der Waals surface area contributed by atoms with E-state index in [0.717, 1.165) is 11.0 Å². The number of thioether (sulfide) groups is 1. The number of carbonyl (C=O) groups is 1. The number of nitrogens with one attached hydrogen (secondary N) is 1. The molecule has 1 unspecified atom stereocenters. The maximum Gasteiger partial charge on any atom is 0.238 e. The van der Waals surface area contributed by atoms with Crippen molar-refractivity contribution in [2.24, 2.45) is 5.14 Å². The molecule has 0 spiro atoms. The van der Waals surface area contributed by atoms with Crippen LogP contribution in [0.4, 0.5) is 5.69 Å². The first-order chi connectivity index (χ1) is 13.3. The number of fused-ring (bicyclic) bond motifs is 1. The number of allylic oxidation sites excluding steroid dienone is 1. The van der Waals surface area contributed by atoms with Crippen LogP contribution in [0.15, 0.2) is 71.2 Å². The fourth-order valence-corrected chi connectivity index (χ4v) is 4.15. The van der Waals surface area contributed by atoms with Gasteiger partial charge in [-0.25, -0.2) is 18.5 Å². The Balaban J connectivity index is 1.79. The SMILES string of the molecule is C=CCn1c(SC(C)C(=O)Nc2cccc(S(N)(=O)=O)c2)nc2ccccc21. The zero-order chi connectivity index (χ0) is 20.3. The van der Waals surface area contributed by atoms with Gasteiger partial charge in [-0.05, 0) is 37.3 Å². The molecule has 9 heteroatoms. The van der Waals surface area contributed by atoms with Crippen molar-refractivity contribution in [1.29, 1.82) is 0 Å². The van der Waals surface area contributed by atoms with Crippen molar-refractivity contribution in [2.75, 3.05) is 5.32 Å². The van der Waals surface area contributed by atoms with Crippen LogP contribution < -0.4 is 10.5 Å². The summed E-state index contributed by atoms with van der Waals surface area (Å²) in [6, 6.07) is 13.6. The number of amides is 1. The highest BCUT2D eigenvalue weighted by molar-refractivity contribution is 8.00. The average Bonchev–Trinajstić information content (AvgIpc) is 2.99. The van der Waals surface area contributed by atoms with Crippen molar-refractivity contribution in [3.63, 3.8) is 0 Å². The fourth-order valence-electron chi connectivity index (χ4n) is 2.66. The van der Waals surface area contributed by atoms with Gasteiger partial charge in [-0.2, -0.15) is 0 Å². The summed E-state index contributed by atoms with van der Waals surface area (Å²) in [5, 5.41) is 8.11. The van der Waals surface area contributed by atoms with Crippen LogP contribution in [-0.2, 0) is 21.4 Å². The van der Waals surface area contributed by atoms with Gasteiger partial charge in [0.25, 0.3) is 0 Å². The number of benzene rings is 2. The van der Waals surface area contributed by atoms with E-state index in [1.807, 2.05) is 28.8 Å². The molecule has 1 amide bonds. The largest absolute Gasteiger partial charge is 0.325 e. The van der Waals surface area contributed by atoms with E-state index < -0.39 is 15.3 Å². The Bertz CT molecular complexity index is 1140. The average molecular weight is 417 g/mol. The normalized spacial score (nSPS) is 12.6. The third-order valence-electron chi connectivity index (χ3n) is 4.01. The van der Waals surface area contributed by atoms with E-state index in [4.69, 9.17) is 5.14 Å². The predicted octanol–water partition coefficient (Wildman–Crippen LogP) is 2.99. The first-order valence-corrected chi connectivity index (χ1v) is 10.9. The van der Waals surface area contributed by atoms with Crippen LogP contribution in [0.2, 0.25) is 0 Å². The summed E-state index contributed by atoms with van der Waals surface area (Å²) in [7, 11) is -3.84. The van der Waals surface area contributed by atoms with Gasteiger partial charge in [0.15, 0.2) is 5.16 Å². The van der Waals surface area contributed by atoms with E-state index in [0.29, 0.717) is 17.4 Å². The molecule has 1 atom stereocenters. The van der Waals surface area contributed by atoms with E-state index in [9.17, 15) is 13.2 Å². The number of sulfonamides is 1. The second kappa shape index (κ2) is 8.17. The van der Waals surface area contributed by atoms with Gasteiger partial charge >= 0.3 is 0 Å². The smallest absolute Gasteiger partial charge is 0.238 e. The molecule has 28 heavy (non-hydrogen) atoms. The van der Waals surface area contributed by atoms with Gasteiger partial charge in [-0.3, -0.25) is 4.79 Å². The Kier molecular flexibility index (Phi) is 5.87. The van der Waals surface area contributed by atoms with Crippen LogP contribution >= 0.6 is 11.8 Å². The Labute approximate surface area is 167 Å². The molecule has 7 nitrogen and oxygen atoms in total. The number of nitrogens with zero attached hydrogens (tertiary/aromatic N) is 2. The predicted molar refractivity (Wildman–Crippen MR) is 112 cm³/mol. The molecule has 3 rings (SSSR count). The monoisotopic (exact) mass is 416 g/mol. The van der Waals surface area contributed by atoms with Crippen LogP contribution in [0.3, 0.4) is 0 Å². The molecule has 0 aliphatic carbocycles. The molecular weight excluding hydrogens is 396 g/mol. The number of carbonyl (C=O) groups excluding carboxylic acids is 1. The van der Waals surface area contributed by atoms with Crippen molar-refractivity contribution in [2.45, 2.75) is 28.8 Å². The molecule has 0 saturated carbocycles. The molecule has 0 aliphatic rings. The minimum Gasteiger partial charge on any atom is -0.325 e. The van der Waals surface area contributed by atoms with Gasteiger partial charge in [-0.1, -0.05) is 36.0 Å². The number of anilines is 1. The van der Waals surface area contributed by atoms with Crippen LogP contribution in [0.1, 0.15) is 6.92 Å². The Morgan fingerprint density at radius 1 is 1.32 bits per heavy atom. The van der Waals surface area contributed by atoms with E-state index in [1.165, 1.54) is 30.0 Å². The molecule has 0 bridgehead atoms. The molecule has 1 aromatic heterocycles. The van der Waals surface area contributed by atoms with E-state index in [2.05, 4.69) is 16.9 Å². The quantitative estimate of drug-likeness (QED) is 0.455. The number of primary sulfonamides is 1. The van der Waals surface area contributed by atoms with E-state index in [1.54, 1.807) is 19.1 Å². The molecule has 146 valence electrons. The second-order valence-electron chi connectivity index (χ2n) is 6.10. The highest BCUT2D eigenvalue weighted by Crippen LogP contribution is 2.28. The first kappa shape index (κ1) is 20.1. The number of para-hydroxylation sites is 2. The third kappa shape index (κ3) is 4.44. The van der Waals surface area contributed by atoms with Gasteiger partial charge < -0.3 is 9.88 Å². The zero-order valence-electron chi connectivity index (χ0n) is 15.2. The lowest BCUT2D eigenvalue weighted by molar-refractivity contribution is -0.115. The van der Waals surface area contributed by atoms with Crippen LogP contribution in [-0.4, -0.2) is 29.1 Å². The topological polar surface area (TPSA) is 107 Å². The molecule has 0 saturated heterocycles. The lowest BCUT2D eigenvalue weighted by atomic mass is 10.3. The van der Waals surface area contributed by atoms with Crippen LogP contribution in [0, 0.1) is 0 Å². The lowest BCUT2D eigenvalue weighted by Gasteiger charge is -2.13. The van der Waals surface area contributed by atoms with E-state index >= 15 is 0 Å². The van der Waals surface area contributed by atoms with Gasteiger partial charge in [0.1, 0.15) is 0 Å². The Hall–Kier alpha value is -2.62. The number of rotatable bonds is 7. The summed E-state index contributed by atoms with van der Waals surface area (Å²) < 4.78 is 24.9. The summed E-state index contributed by atoms with van der Waals surface area (Å²) in [4.78, 5) is 17.1. The standard InChI is InChI=1S/C19H20N4O3S2/c1-3-11-23-17-10-5-4-9-16(17)22-19(23)27-13(2)18(24)21-14-7-6-8-15(12-14)28(20,25)26/h3-10,12-13H,1,11H2,2H3,(H,21,24)(H2,20,25,26). The van der Waals surface area contributed by atoms with Gasteiger partial charge in [0, 0.05) is 12.2 Å². The molecule has 3 N–H and O–H groups in total. The molecule has 3 aromatic rings. The molecule has 1 heterocycles. The first-order valence-electron chi connectivity index (χ1n) is 8.46. The number of aromatic nitrogens is 2. The maximum atomic E-state index is 12.6. The summed E-state index contributed by atoms with van der Waals surface area (Å²) in [6.07, 6.45) is 1.78. The van der Waals surface area contributed by atoms with Gasteiger partial charge in [-0.15, -0.1) is 6.58 Å². The molecular formula is C19H20N4O3S2.